The van der Waals surface area contributed by atoms with Crippen molar-refractivity contribution in [2.45, 2.75) is 13.8 Å². The molecule has 6 nitrogen and oxygen atoms in total. The van der Waals surface area contributed by atoms with Gasteiger partial charge >= 0.3 is 0 Å². The van der Waals surface area contributed by atoms with Crippen LogP contribution in [0.1, 0.15) is 21.6 Å². The van der Waals surface area contributed by atoms with Crippen molar-refractivity contribution < 1.29 is 14.3 Å². The summed E-state index contributed by atoms with van der Waals surface area (Å²) in [5.74, 6) is -1.01. The summed E-state index contributed by atoms with van der Waals surface area (Å²) in [5.41, 5.74) is 2.94. The maximum atomic E-state index is 12.7. The average Bonchev–Trinajstić information content (AvgIpc) is 2.89. The third kappa shape index (κ3) is 3.21. The largest absolute Gasteiger partial charge is 0.481 e. The molecule has 2 N–H and O–H groups in total. The van der Waals surface area contributed by atoms with Crippen molar-refractivity contribution in [2.75, 3.05) is 12.4 Å². The van der Waals surface area contributed by atoms with E-state index >= 15 is 0 Å². The number of aryl methyl sites for hydroxylation is 2. The molecule has 3 aromatic rings. The molecule has 25 heavy (non-hydrogen) atoms. The zero-order valence-corrected chi connectivity index (χ0v) is 14.7. The predicted octanol–water partition coefficient (Wildman–Crippen LogP) is 3.66. The number of Topliss-reactive ketones (excluding diaryl/α,β-unsaturated/α-hetero) is 1. The number of anilines is 1. The molecule has 7 heteroatoms. The van der Waals surface area contributed by atoms with Crippen molar-refractivity contribution >= 4 is 39.9 Å². The topological polar surface area (TPSA) is 84.1 Å². The Balaban J connectivity index is 1.94. The maximum Gasteiger partial charge on any atom is 0.296 e. The minimum Gasteiger partial charge on any atom is -0.481 e. The minimum atomic E-state index is -0.732. The molecule has 0 fully saturated rings. The van der Waals surface area contributed by atoms with Gasteiger partial charge in [0.15, 0.2) is 0 Å². The van der Waals surface area contributed by atoms with Crippen LogP contribution in [0.2, 0.25) is 5.02 Å². The smallest absolute Gasteiger partial charge is 0.296 e. The fourth-order valence-corrected chi connectivity index (χ4v) is 2.81. The quantitative estimate of drug-likeness (QED) is 0.551. The number of benzene rings is 1. The molecule has 2 heterocycles. The first kappa shape index (κ1) is 17.0. The average molecular weight is 358 g/mol. The number of nitrogens with zero attached hydrogens (tertiary/aromatic N) is 1. The third-order valence-corrected chi connectivity index (χ3v) is 4.31. The number of aromatic amines is 1. The van der Waals surface area contributed by atoms with Crippen LogP contribution < -0.4 is 10.1 Å². The summed E-state index contributed by atoms with van der Waals surface area (Å²) < 4.78 is 5.01. The number of halogens is 1. The summed E-state index contributed by atoms with van der Waals surface area (Å²) in [6.45, 7) is 3.60. The Hall–Kier alpha value is -2.86. The SMILES string of the molecule is COc1cc(NC(=O)C(=O)c2c(C)[nH]c3cc(Cl)c(C)cc23)ccn1. The van der Waals surface area contributed by atoms with E-state index in [1.54, 1.807) is 25.1 Å². The number of pyridine rings is 1. The van der Waals surface area contributed by atoms with Crippen LogP contribution >= 0.6 is 11.6 Å². The molecule has 0 aliphatic carbocycles. The molecule has 0 bridgehead atoms. The predicted molar refractivity (Wildman–Crippen MR) is 96.5 cm³/mol. The van der Waals surface area contributed by atoms with Crippen molar-refractivity contribution in [1.29, 1.82) is 0 Å². The monoisotopic (exact) mass is 357 g/mol. The molecule has 0 aliphatic rings. The lowest BCUT2D eigenvalue weighted by Crippen LogP contribution is -2.23. The van der Waals surface area contributed by atoms with Gasteiger partial charge in [-0.25, -0.2) is 4.98 Å². The molecule has 3 rings (SSSR count). The molecule has 0 spiro atoms. The fourth-order valence-electron chi connectivity index (χ4n) is 2.65. The molecule has 0 saturated heterocycles. The van der Waals surface area contributed by atoms with E-state index in [1.165, 1.54) is 19.4 Å². The van der Waals surface area contributed by atoms with Crippen LogP contribution in [0.15, 0.2) is 30.5 Å². The molecular formula is C18H16ClN3O3. The molecule has 1 amide bonds. The normalized spacial score (nSPS) is 10.7. The Kier molecular flexibility index (Phi) is 4.46. The van der Waals surface area contributed by atoms with Gasteiger partial charge in [-0.15, -0.1) is 0 Å². The number of rotatable bonds is 4. The van der Waals surface area contributed by atoms with Crippen LogP contribution in [0.25, 0.3) is 10.9 Å². The molecule has 1 aromatic carbocycles. The van der Waals surface area contributed by atoms with E-state index in [4.69, 9.17) is 16.3 Å². The Bertz CT molecular complexity index is 995. The number of hydrogen-bond acceptors (Lipinski definition) is 4. The van der Waals surface area contributed by atoms with Gasteiger partial charge in [0.1, 0.15) is 0 Å². The molecule has 0 aliphatic heterocycles. The van der Waals surface area contributed by atoms with Gasteiger partial charge in [0, 0.05) is 39.6 Å². The lowest BCUT2D eigenvalue weighted by Gasteiger charge is -2.06. The van der Waals surface area contributed by atoms with Crippen LogP contribution in [0.5, 0.6) is 5.88 Å². The first-order chi connectivity index (χ1) is 11.9. The van der Waals surface area contributed by atoms with E-state index in [2.05, 4.69) is 15.3 Å². The molecule has 2 aromatic heterocycles. The number of amides is 1. The van der Waals surface area contributed by atoms with Crippen LogP contribution in [-0.2, 0) is 4.79 Å². The molecule has 0 saturated carbocycles. The van der Waals surface area contributed by atoms with E-state index in [9.17, 15) is 9.59 Å². The second-order valence-corrected chi connectivity index (χ2v) is 6.05. The summed E-state index contributed by atoms with van der Waals surface area (Å²) >= 11 is 6.13. The number of carbonyl (C=O) groups excluding carboxylic acids is 2. The summed E-state index contributed by atoms with van der Waals surface area (Å²) in [6.07, 6.45) is 1.49. The van der Waals surface area contributed by atoms with E-state index < -0.39 is 11.7 Å². The van der Waals surface area contributed by atoms with E-state index in [1.807, 2.05) is 6.92 Å². The highest BCUT2D eigenvalue weighted by Gasteiger charge is 2.23. The summed E-state index contributed by atoms with van der Waals surface area (Å²) in [7, 11) is 1.47. The van der Waals surface area contributed by atoms with Gasteiger partial charge in [-0.3, -0.25) is 9.59 Å². The van der Waals surface area contributed by atoms with E-state index in [0.717, 1.165) is 11.1 Å². The number of fused-ring (bicyclic) bond motifs is 1. The third-order valence-electron chi connectivity index (χ3n) is 3.90. The molecule has 0 atom stereocenters. The number of ketones is 1. The van der Waals surface area contributed by atoms with Gasteiger partial charge in [-0.1, -0.05) is 11.6 Å². The number of carbonyl (C=O) groups is 2. The summed E-state index contributed by atoms with van der Waals surface area (Å²) in [5, 5.41) is 3.85. The second-order valence-electron chi connectivity index (χ2n) is 5.64. The Morgan fingerprint density at radius 3 is 2.72 bits per heavy atom. The van der Waals surface area contributed by atoms with Gasteiger partial charge in [0.2, 0.25) is 5.88 Å². The fraction of sp³-hybridized carbons (Fsp3) is 0.167. The maximum absolute atomic E-state index is 12.7. The number of nitrogens with one attached hydrogen (secondary N) is 2. The van der Waals surface area contributed by atoms with Gasteiger partial charge in [0.25, 0.3) is 11.7 Å². The zero-order chi connectivity index (χ0) is 18.1. The van der Waals surface area contributed by atoms with Crippen LogP contribution in [0.3, 0.4) is 0 Å². The molecular weight excluding hydrogens is 342 g/mol. The highest BCUT2D eigenvalue weighted by Crippen LogP contribution is 2.28. The zero-order valence-electron chi connectivity index (χ0n) is 13.9. The molecule has 0 unspecified atom stereocenters. The summed E-state index contributed by atoms with van der Waals surface area (Å²) in [6, 6.07) is 6.68. The lowest BCUT2D eigenvalue weighted by molar-refractivity contribution is -0.112. The number of H-pyrrole nitrogens is 1. The number of methoxy groups -OCH3 is 1. The summed E-state index contributed by atoms with van der Waals surface area (Å²) in [4.78, 5) is 32.1. The van der Waals surface area contributed by atoms with Gasteiger partial charge in [-0.2, -0.15) is 0 Å². The van der Waals surface area contributed by atoms with E-state index in [0.29, 0.717) is 33.2 Å². The second kappa shape index (κ2) is 6.57. The van der Waals surface area contributed by atoms with Crippen LogP contribution in [0, 0.1) is 13.8 Å². The Morgan fingerprint density at radius 2 is 2.00 bits per heavy atom. The van der Waals surface area contributed by atoms with E-state index in [-0.39, 0.29) is 0 Å². The highest BCUT2D eigenvalue weighted by molar-refractivity contribution is 6.48. The highest BCUT2D eigenvalue weighted by atomic mass is 35.5. The van der Waals surface area contributed by atoms with Crippen molar-refractivity contribution in [1.82, 2.24) is 9.97 Å². The number of hydrogen-bond donors (Lipinski definition) is 2. The number of ether oxygens (including phenoxy) is 1. The Morgan fingerprint density at radius 1 is 1.24 bits per heavy atom. The Labute approximate surface area is 149 Å². The van der Waals surface area contributed by atoms with Gasteiger partial charge in [0.05, 0.1) is 12.7 Å². The van der Waals surface area contributed by atoms with Gasteiger partial charge in [-0.05, 0) is 37.6 Å². The lowest BCUT2D eigenvalue weighted by atomic mass is 10.0. The van der Waals surface area contributed by atoms with Gasteiger partial charge < -0.3 is 15.0 Å². The minimum absolute atomic E-state index is 0.341. The first-order valence-corrected chi connectivity index (χ1v) is 7.92. The van der Waals surface area contributed by atoms with Crippen molar-refractivity contribution in [3.63, 3.8) is 0 Å². The van der Waals surface area contributed by atoms with Crippen molar-refractivity contribution in [3.8, 4) is 5.88 Å². The standard InChI is InChI=1S/C18H16ClN3O3/c1-9-6-12-14(8-13(9)19)21-10(2)16(12)17(23)18(24)22-11-4-5-20-15(7-11)25-3/h4-8,21H,1-3H3,(H,20,22,24). The first-order valence-electron chi connectivity index (χ1n) is 7.55. The van der Waals surface area contributed by atoms with Crippen molar-refractivity contribution in [2.24, 2.45) is 0 Å². The van der Waals surface area contributed by atoms with Crippen LogP contribution in [0.4, 0.5) is 5.69 Å². The number of aromatic nitrogens is 2. The molecule has 128 valence electrons. The van der Waals surface area contributed by atoms with Crippen molar-refractivity contribution in [3.05, 3.63) is 52.3 Å². The molecule has 0 radical (unpaired) electrons. The van der Waals surface area contributed by atoms with Crippen LogP contribution in [-0.4, -0.2) is 28.8 Å².